The van der Waals surface area contributed by atoms with Crippen LogP contribution < -0.4 is 4.74 Å². The zero-order valence-corrected chi connectivity index (χ0v) is 12.9. The van der Waals surface area contributed by atoms with E-state index in [4.69, 9.17) is 16.3 Å². The minimum absolute atomic E-state index is 0.615. The molecule has 0 radical (unpaired) electrons. The molecule has 0 spiro atoms. The molecule has 4 heteroatoms. The number of benzene rings is 1. The number of rotatable bonds is 6. The molecule has 1 heterocycles. The second-order valence-corrected chi connectivity index (χ2v) is 6.00. The van der Waals surface area contributed by atoms with Crippen molar-refractivity contribution in [3.8, 4) is 5.75 Å². The van der Waals surface area contributed by atoms with Gasteiger partial charge in [-0.15, -0.1) is 0 Å². The Morgan fingerprint density at radius 3 is 2.71 bits per heavy atom. The lowest BCUT2D eigenvalue weighted by atomic mass is 10.1. The highest BCUT2D eigenvalue weighted by molar-refractivity contribution is 6.29. The summed E-state index contributed by atoms with van der Waals surface area (Å²) in [5.41, 5.74) is 1.17. The van der Waals surface area contributed by atoms with Crippen LogP contribution in [0.1, 0.15) is 43.7 Å². The highest BCUT2D eigenvalue weighted by atomic mass is 35.5. The highest BCUT2D eigenvalue weighted by Crippen LogP contribution is 2.34. The Kier molecular flexibility index (Phi) is 4.81. The van der Waals surface area contributed by atoms with Crippen molar-refractivity contribution in [1.82, 2.24) is 9.78 Å². The van der Waals surface area contributed by atoms with E-state index in [2.05, 4.69) is 5.10 Å². The van der Waals surface area contributed by atoms with Crippen LogP contribution in [-0.4, -0.2) is 16.4 Å². The number of ether oxygens (including phenoxy) is 1. The number of halogens is 1. The standard InChI is InChI=1S/C17H21ClN2O/c18-17-13-16(14-7-4-5-8-14)19-20(17)11-6-12-21-15-9-2-1-3-10-15/h1-3,9-10,13-14H,4-8,11-12H2. The summed E-state index contributed by atoms with van der Waals surface area (Å²) in [7, 11) is 0. The van der Waals surface area contributed by atoms with Gasteiger partial charge < -0.3 is 4.74 Å². The Bertz CT molecular complexity index is 561. The van der Waals surface area contributed by atoms with E-state index in [1.165, 1.54) is 31.4 Å². The van der Waals surface area contributed by atoms with E-state index in [9.17, 15) is 0 Å². The van der Waals surface area contributed by atoms with Crippen LogP contribution in [0.15, 0.2) is 36.4 Å². The van der Waals surface area contributed by atoms with Gasteiger partial charge in [-0.05, 0) is 31.0 Å². The van der Waals surface area contributed by atoms with Crippen molar-refractivity contribution in [2.45, 2.75) is 44.6 Å². The first-order valence-corrected chi connectivity index (χ1v) is 8.12. The molecule has 1 aromatic heterocycles. The van der Waals surface area contributed by atoms with E-state index in [1.54, 1.807) is 0 Å². The number of hydrogen-bond donors (Lipinski definition) is 0. The molecular weight excluding hydrogens is 284 g/mol. The Balaban J connectivity index is 1.49. The molecule has 1 aromatic carbocycles. The predicted molar refractivity (Wildman–Crippen MR) is 85.0 cm³/mol. The maximum atomic E-state index is 6.28. The molecule has 1 fully saturated rings. The lowest BCUT2D eigenvalue weighted by molar-refractivity contribution is 0.298. The molecule has 0 bridgehead atoms. The summed E-state index contributed by atoms with van der Waals surface area (Å²) in [6, 6.07) is 11.9. The van der Waals surface area contributed by atoms with Crippen LogP contribution in [0.5, 0.6) is 5.75 Å². The minimum Gasteiger partial charge on any atom is -0.494 e. The quantitative estimate of drug-likeness (QED) is 0.726. The van der Waals surface area contributed by atoms with Gasteiger partial charge in [-0.3, -0.25) is 4.68 Å². The molecule has 1 aliphatic carbocycles. The molecule has 0 N–H and O–H groups in total. The molecule has 112 valence electrons. The first-order valence-electron chi connectivity index (χ1n) is 7.74. The molecule has 1 saturated carbocycles. The molecule has 0 amide bonds. The second kappa shape index (κ2) is 6.99. The number of nitrogens with zero attached hydrogens (tertiary/aromatic N) is 2. The summed E-state index contributed by atoms with van der Waals surface area (Å²) in [4.78, 5) is 0. The Labute approximate surface area is 130 Å². The minimum atomic E-state index is 0.615. The van der Waals surface area contributed by atoms with E-state index in [0.717, 1.165) is 23.9 Å². The first kappa shape index (κ1) is 14.5. The van der Waals surface area contributed by atoms with Crippen molar-refractivity contribution in [1.29, 1.82) is 0 Å². The van der Waals surface area contributed by atoms with Crippen LogP contribution in [-0.2, 0) is 6.54 Å². The van der Waals surface area contributed by atoms with Gasteiger partial charge in [-0.2, -0.15) is 5.10 Å². The van der Waals surface area contributed by atoms with Gasteiger partial charge in [-0.25, -0.2) is 0 Å². The van der Waals surface area contributed by atoms with Gasteiger partial charge in [-0.1, -0.05) is 42.6 Å². The molecule has 0 aliphatic heterocycles. The fraction of sp³-hybridized carbons (Fsp3) is 0.471. The third kappa shape index (κ3) is 3.79. The van der Waals surface area contributed by atoms with Crippen LogP contribution in [0, 0.1) is 0 Å². The molecule has 2 aromatic rings. The number of hydrogen-bond acceptors (Lipinski definition) is 2. The molecular formula is C17H21ClN2O. The lowest BCUT2D eigenvalue weighted by Crippen LogP contribution is -2.06. The maximum absolute atomic E-state index is 6.28. The largest absolute Gasteiger partial charge is 0.494 e. The third-order valence-electron chi connectivity index (χ3n) is 4.05. The Hall–Kier alpha value is -1.48. The van der Waals surface area contributed by atoms with E-state index in [1.807, 2.05) is 41.1 Å². The summed E-state index contributed by atoms with van der Waals surface area (Å²) in [6.07, 6.45) is 6.05. The normalized spacial score (nSPS) is 15.5. The zero-order chi connectivity index (χ0) is 14.5. The summed E-state index contributed by atoms with van der Waals surface area (Å²) in [5, 5.41) is 5.41. The van der Waals surface area contributed by atoms with Crippen molar-refractivity contribution in [2.75, 3.05) is 6.61 Å². The van der Waals surface area contributed by atoms with E-state index in [-0.39, 0.29) is 0 Å². The van der Waals surface area contributed by atoms with Gasteiger partial charge >= 0.3 is 0 Å². The summed E-state index contributed by atoms with van der Waals surface area (Å²) >= 11 is 6.28. The second-order valence-electron chi connectivity index (χ2n) is 5.61. The average Bonchev–Trinajstić information content (AvgIpc) is 3.15. The van der Waals surface area contributed by atoms with Crippen LogP contribution in [0.25, 0.3) is 0 Å². The van der Waals surface area contributed by atoms with Crippen LogP contribution in [0.3, 0.4) is 0 Å². The van der Waals surface area contributed by atoms with Gasteiger partial charge in [0.25, 0.3) is 0 Å². The Morgan fingerprint density at radius 2 is 1.95 bits per heavy atom. The topological polar surface area (TPSA) is 27.1 Å². The number of aryl methyl sites for hydroxylation is 1. The monoisotopic (exact) mass is 304 g/mol. The van der Waals surface area contributed by atoms with Crippen molar-refractivity contribution >= 4 is 11.6 Å². The molecule has 0 atom stereocenters. The smallest absolute Gasteiger partial charge is 0.127 e. The number of para-hydroxylation sites is 1. The van der Waals surface area contributed by atoms with Crippen molar-refractivity contribution in [2.24, 2.45) is 0 Å². The molecule has 3 nitrogen and oxygen atoms in total. The zero-order valence-electron chi connectivity index (χ0n) is 12.2. The number of aromatic nitrogens is 2. The maximum Gasteiger partial charge on any atom is 0.127 e. The van der Waals surface area contributed by atoms with Crippen molar-refractivity contribution in [3.63, 3.8) is 0 Å². The molecule has 0 saturated heterocycles. The van der Waals surface area contributed by atoms with E-state index < -0.39 is 0 Å². The van der Waals surface area contributed by atoms with Gasteiger partial charge in [0.2, 0.25) is 0 Å². The molecule has 21 heavy (non-hydrogen) atoms. The van der Waals surface area contributed by atoms with Crippen LogP contribution in [0.2, 0.25) is 5.15 Å². The molecule has 3 rings (SSSR count). The molecule has 1 aliphatic rings. The summed E-state index contributed by atoms with van der Waals surface area (Å²) < 4.78 is 7.60. The van der Waals surface area contributed by atoms with Gasteiger partial charge in [0.05, 0.1) is 12.3 Å². The highest BCUT2D eigenvalue weighted by Gasteiger charge is 2.20. The van der Waals surface area contributed by atoms with E-state index in [0.29, 0.717) is 12.5 Å². The van der Waals surface area contributed by atoms with Gasteiger partial charge in [0.1, 0.15) is 10.9 Å². The third-order valence-corrected chi connectivity index (χ3v) is 4.35. The van der Waals surface area contributed by atoms with Crippen molar-refractivity contribution < 1.29 is 4.74 Å². The van der Waals surface area contributed by atoms with Gasteiger partial charge in [0, 0.05) is 18.9 Å². The van der Waals surface area contributed by atoms with Crippen molar-refractivity contribution in [3.05, 3.63) is 47.2 Å². The van der Waals surface area contributed by atoms with Gasteiger partial charge in [0.15, 0.2) is 0 Å². The van der Waals surface area contributed by atoms with Crippen LogP contribution >= 0.6 is 11.6 Å². The summed E-state index contributed by atoms with van der Waals surface area (Å²) in [5.74, 6) is 1.53. The Morgan fingerprint density at radius 1 is 1.19 bits per heavy atom. The first-order chi connectivity index (χ1) is 10.3. The lowest BCUT2D eigenvalue weighted by Gasteiger charge is -2.07. The SMILES string of the molecule is Clc1cc(C2CCCC2)nn1CCCOc1ccccc1. The van der Waals surface area contributed by atoms with Crippen LogP contribution in [0.4, 0.5) is 0 Å². The predicted octanol–water partition coefficient (Wildman–Crippen LogP) is 4.66. The van der Waals surface area contributed by atoms with E-state index >= 15 is 0 Å². The fourth-order valence-electron chi connectivity index (χ4n) is 2.91. The average molecular weight is 305 g/mol. The summed E-state index contributed by atoms with van der Waals surface area (Å²) in [6.45, 7) is 1.48. The fourth-order valence-corrected chi connectivity index (χ4v) is 3.15. The molecule has 0 unspecified atom stereocenters.